The number of aryl methyl sites for hydroxylation is 1. The van der Waals surface area contributed by atoms with Crippen molar-refractivity contribution in [1.82, 2.24) is 5.32 Å². The maximum Gasteiger partial charge on any atom is 0.329 e. The third-order valence-electron chi connectivity index (χ3n) is 3.71. The number of amides is 1. The van der Waals surface area contributed by atoms with Gasteiger partial charge in [0, 0.05) is 10.9 Å². The first kappa shape index (κ1) is 16.4. The Kier molecular flexibility index (Phi) is 5.70. The van der Waals surface area contributed by atoms with Crippen molar-refractivity contribution in [2.75, 3.05) is 11.5 Å². The molecule has 114 valence electrons. The largest absolute Gasteiger partial charge is 0.480 e. The molecule has 0 aromatic heterocycles. The Hall–Kier alpha value is -1.01. The van der Waals surface area contributed by atoms with Gasteiger partial charge >= 0.3 is 5.97 Å². The van der Waals surface area contributed by atoms with E-state index in [0.717, 1.165) is 21.5 Å². The van der Waals surface area contributed by atoms with Gasteiger partial charge in [-0.25, -0.2) is 4.79 Å². The number of carboxylic acid groups (broad SMARTS) is 1. The first-order chi connectivity index (χ1) is 10.0. The Morgan fingerprint density at radius 2 is 1.95 bits per heavy atom. The van der Waals surface area contributed by atoms with Gasteiger partial charge in [0.05, 0.1) is 0 Å². The number of halogens is 1. The maximum atomic E-state index is 12.1. The molecule has 0 spiro atoms. The highest BCUT2D eigenvalue weighted by Crippen LogP contribution is 2.27. The Labute approximate surface area is 136 Å². The molecule has 6 heteroatoms. The molecule has 4 nitrogen and oxygen atoms in total. The van der Waals surface area contributed by atoms with Gasteiger partial charge < -0.3 is 10.4 Å². The molecule has 2 rings (SSSR count). The summed E-state index contributed by atoms with van der Waals surface area (Å²) in [4.78, 5) is 23.6. The van der Waals surface area contributed by atoms with E-state index in [1.54, 1.807) is 11.8 Å². The van der Waals surface area contributed by atoms with Crippen molar-refractivity contribution >= 4 is 39.6 Å². The van der Waals surface area contributed by atoms with Crippen LogP contribution in [0.5, 0.6) is 0 Å². The van der Waals surface area contributed by atoms with Gasteiger partial charge in [0.2, 0.25) is 5.91 Å². The molecule has 0 radical (unpaired) electrons. The van der Waals surface area contributed by atoms with Crippen LogP contribution in [0.2, 0.25) is 0 Å². The van der Waals surface area contributed by atoms with Crippen LogP contribution in [0, 0.1) is 0 Å². The fourth-order valence-corrected chi connectivity index (χ4v) is 4.06. The molecule has 21 heavy (non-hydrogen) atoms. The number of thioether (sulfide) groups is 1. The molecule has 1 saturated heterocycles. The molecule has 1 aliphatic rings. The summed E-state index contributed by atoms with van der Waals surface area (Å²) in [5.41, 5.74) is -0.0211. The van der Waals surface area contributed by atoms with Gasteiger partial charge in [0.1, 0.15) is 5.54 Å². The molecule has 0 bridgehead atoms. The van der Waals surface area contributed by atoms with Crippen LogP contribution in [0.3, 0.4) is 0 Å². The lowest BCUT2D eigenvalue weighted by molar-refractivity contribution is -0.148. The number of carboxylic acids is 1. The molecule has 1 amide bonds. The molecular weight excluding hydrogens is 354 g/mol. The number of hydrogen-bond acceptors (Lipinski definition) is 3. The molecule has 1 aliphatic heterocycles. The van der Waals surface area contributed by atoms with Gasteiger partial charge in [-0.15, -0.1) is 0 Å². The quantitative estimate of drug-likeness (QED) is 0.834. The summed E-state index contributed by atoms with van der Waals surface area (Å²) in [5, 5.41) is 12.2. The lowest BCUT2D eigenvalue weighted by Gasteiger charge is -2.33. The standard InChI is InChI=1S/C15H18BrNO3S/c16-12-4-2-1-3-11(12)5-6-13(18)17-15(14(19)20)7-9-21-10-8-15/h1-4H,5-10H2,(H,17,18)(H,19,20). The molecule has 0 unspecified atom stereocenters. The van der Waals surface area contributed by atoms with Crippen LogP contribution < -0.4 is 5.32 Å². The van der Waals surface area contributed by atoms with Gasteiger partial charge in [0.15, 0.2) is 0 Å². The second kappa shape index (κ2) is 7.31. The minimum Gasteiger partial charge on any atom is -0.480 e. The van der Waals surface area contributed by atoms with Crippen LogP contribution in [0.25, 0.3) is 0 Å². The second-order valence-electron chi connectivity index (χ2n) is 5.14. The molecule has 0 saturated carbocycles. The third kappa shape index (κ3) is 4.23. The fraction of sp³-hybridized carbons (Fsp3) is 0.467. The Bertz CT molecular complexity index is 529. The lowest BCUT2D eigenvalue weighted by Crippen LogP contribution is -2.56. The monoisotopic (exact) mass is 371 g/mol. The molecule has 1 heterocycles. The summed E-state index contributed by atoms with van der Waals surface area (Å²) in [6.07, 6.45) is 1.88. The third-order valence-corrected chi connectivity index (χ3v) is 5.47. The fourth-order valence-electron chi connectivity index (χ4n) is 2.39. The van der Waals surface area contributed by atoms with Crippen molar-refractivity contribution in [1.29, 1.82) is 0 Å². The van der Waals surface area contributed by atoms with Crippen LogP contribution in [-0.2, 0) is 16.0 Å². The van der Waals surface area contributed by atoms with Crippen molar-refractivity contribution < 1.29 is 14.7 Å². The highest BCUT2D eigenvalue weighted by atomic mass is 79.9. The van der Waals surface area contributed by atoms with Crippen molar-refractivity contribution in [3.8, 4) is 0 Å². The SMILES string of the molecule is O=C(CCc1ccccc1Br)NC1(C(=O)O)CCSCC1. The average Bonchev–Trinajstić information content (AvgIpc) is 2.47. The van der Waals surface area contributed by atoms with Crippen LogP contribution >= 0.6 is 27.7 Å². The topological polar surface area (TPSA) is 66.4 Å². The maximum absolute atomic E-state index is 12.1. The van der Waals surface area contributed by atoms with Crippen LogP contribution in [0.1, 0.15) is 24.8 Å². The molecule has 1 fully saturated rings. The van der Waals surface area contributed by atoms with Crippen molar-refractivity contribution in [3.63, 3.8) is 0 Å². The minimum atomic E-state index is -1.07. The van der Waals surface area contributed by atoms with E-state index in [0.29, 0.717) is 25.7 Å². The predicted octanol–water partition coefficient (Wildman–Crippen LogP) is 2.85. The molecule has 1 aromatic carbocycles. The zero-order valence-corrected chi connectivity index (χ0v) is 14.0. The van der Waals surface area contributed by atoms with E-state index < -0.39 is 11.5 Å². The van der Waals surface area contributed by atoms with Gasteiger partial charge in [-0.2, -0.15) is 11.8 Å². The summed E-state index contributed by atoms with van der Waals surface area (Å²) in [7, 11) is 0. The van der Waals surface area contributed by atoms with E-state index >= 15 is 0 Å². The van der Waals surface area contributed by atoms with E-state index in [1.165, 1.54) is 0 Å². The number of benzene rings is 1. The smallest absolute Gasteiger partial charge is 0.329 e. The van der Waals surface area contributed by atoms with Crippen LogP contribution in [0.15, 0.2) is 28.7 Å². The minimum absolute atomic E-state index is 0.194. The highest BCUT2D eigenvalue weighted by Gasteiger charge is 2.41. The Morgan fingerprint density at radius 3 is 2.57 bits per heavy atom. The van der Waals surface area contributed by atoms with E-state index in [4.69, 9.17) is 0 Å². The Morgan fingerprint density at radius 1 is 1.29 bits per heavy atom. The van der Waals surface area contributed by atoms with Gasteiger partial charge in [-0.05, 0) is 42.4 Å². The molecular formula is C15H18BrNO3S. The van der Waals surface area contributed by atoms with Gasteiger partial charge in [0.25, 0.3) is 0 Å². The van der Waals surface area contributed by atoms with Crippen molar-refractivity contribution in [2.45, 2.75) is 31.2 Å². The average molecular weight is 372 g/mol. The Balaban J connectivity index is 1.94. The zero-order valence-electron chi connectivity index (χ0n) is 11.6. The normalized spacial score (nSPS) is 17.2. The molecule has 0 aliphatic carbocycles. The van der Waals surface area contributed by atoms with E-state index in [2.05, 4.69) is 21.2 Å². The number of aliphatic carboxylic acids is 1. The van der Waals surface area contributed by atoms with Crippen LogP contribution in [0.4, 0.5) is 0 Å². The zero-order chi connectivity index (χ0) is 15.3. The summed E-state index contributed by atoms with van der Waals surface area (Å²) in [6, 6.07) is 7.74. The highest BCUT2D eigenvalue weighted by molar-refractivity contribution is 9.10. The number of hydrogen-bond donors (Lipinski definition) is 2. The van der Waals surface area contributed by atoms with Crippen LogP contribution in [-0.4, -0.2) is 34.0 Å². The second-order valence-corrected chi connectivity index (χ2v) is 7.22. The molecule has 2 N–H and O–H groups in total. The number of carbonyl (C=O) groups excluding carboxylic acids is 1. The van der Waals surface area contributed by atoms with Crippen molar-refractivity contribution in [3.05, 3.63) is 34.3 Å². The molecule has 1 aromatic rings. The number of carbonyl (C=O) groups is 2. The molecule has 0 atom stereocenters. The lowest BCUT2D eigenvalue weighted by atomic mass is 9.92. The summed E-state index contributed by atoms with van der Waals surface area (Å²) in [6.45, 7) is 0. The van der Waals surface area contributed by atoms with E-state index in [-0.39, 0.29) is 5.91 Å². The number of rotatable bonds is 5. The predicted molar refractivity (Wildman–Crippen MR) is 87.5 cm³/mol. The first-order valence-electron chi connectivity index (χ1n) is 6.89. The number of nitrogens with one attached hydrogen (secondary N) is 1. The van der Waals surface area contributed by atoms with Gasteiger partial charge in [-0.3, -0.25) is 4.79 Å². The van der Waals surface area contributed by atoms with E-state index in [9.17, 15) is 14.7 Å². The van der Waals surface area contributed by atoms with Gasteiger partial charge in [-0.1, -0.05) is 34.1 Å². The van der Waals surface area contributed by atoms with Crippen molar-refractivity contribution in [2.24, 2.45) is 0 Å². The first-order valence-corrected chi connectivity index (χ1v) is 8.84. The summed E-state index contributed by atoms with van der Waals surface area (Å²) >= 11 is 5.18. The summed E-state index contributed by atoms with van der Waals surface area (Å²) in [5.74, 6) is 0.435. The summed E-state index contributed by atoms with van der Waals surface area (Å²) < 4.78 is 0.972. The van der Waals surface area contributed by atoms with E-state index in [1.807, 2.05) is 24.3 Å².